The molecule has 1 amide bonds. The van der Waals surface area contributed by atoms with Crippen LogP contribution >= 0.6 is 11.6 Å². The van der Waals surface area contributed by atoms with Crippen LogP contribution in [0.1, 0.15) is 5.56 Å². The quantitative estimate of drug-likeness (QED) is 0.639. The predicted molar refractivity (Wildman–Crippen MR) is 87.0 cm³/mol. The molecule has 2 N–H and O–H groups in total. The van der Waals surface area contributed by atoms with E-state index in [2.05, 4.69) is 10.6 Å². The molecule has 2 aromatic rings. The number of hydrogen-bond acceptors (Lipinski definition) is 3. The number of anilines is 1. The van der Waals surface area contributed by atoms with Gasteiger partial charge in [-0.1, -0.05) is 23.7 Å². The average Bonchev–Trinajstić information content (AvgIpc) is 2.58. The summed E-state index contributed by atoms with van der Waals surface area (Å²) in [6.45, 7) is 0.198. The highest BCUT2D eigenvalue weighted by atomic mass is 35.5. The summed E-state index contributed by atoms with van der Waals surface area (Å²) in [6, 6.07) is 11.4. The minimum atomic E-state index is -0.702. The Bertz CT molecular complexity index is 814. The third-order valence-electron chi connectivity index (χ3n) is 3.03. The van der Waals surface area contributed by atoms with Gasteiger partial charge < -0.3 is 10.6 Å². The van der Waals surface area contributed by atoms with Crippen molar-refractivity contribution in [3.63, 3.8) is 0 Å². The molecule has 0 spiro atoms. The Labute approximate surface area is 142 Å². The van der Waals surface area contributed by atoms with Crippen molar-refractivity contribution < 1.29 is 13.6 Å². The molecule has 4 nitrogen and oxygen atoms in total. The minimum Gasteiger partial charge on any atom is -0.358 e. The van der Waals surface area contributed by atoms with Crippen LogP contribution in [0.5, 0.6) is 0 Å². The fourth-order valence-corrected chi connectivity index (χ4v) is 1.91. The first-order chi connectivity index (χ1) is 11.5. The number of nitriles is 1. The van der Waals surface area contributed by atoms with Crippen molar-refractivity contribution in [2.75, 3.05) is 5.32 Å². The van der Waals surface area contributed by atoms with Crippen LogP contribution in [-0.4, -0.2) is 5.91 Å². The minimum absolute atomic E-state index is 0.173. The smallest absolute Gasteiger partial charge is 0.263 e. The van der Waals surface area contributed by atoms with Gasteiger partial charge in [-0.25, -0.2) is 8.78 Å². The number of rotatable bonds is 5. The summed E-state index contributed by atoms with van der Waals surface area (Å²) in [5, 5.41) is 14.6. The first-order valence-corrected chi connectivity index (χ1v) is 7.22. The third-order valence-corrected chi connectivity index (χ3v) is 3.28. The van der Waals surface area contributed by atoms with Crippen LogP contribution < -0.4 is 10.6 Å². The van der Waals surface area contributed by atoms with Crippen molar-refractivity contribution in [2.24, 2.45) is 0 Å². The van der Waals surface area contributed by atoms with E-state index < -0.39 is 17.5 Å². The molecular formula is C17H12ClF2N3O. The number of nitrogens with one attached hydrogen (secondary N) is 2. The second-order valence-electron chi connectivity index (χ2n) is 4.75. The van der Waals surface area contributed by atoms with Crippen LogP contribution in [0.15, 0.2) is 54.2 Å². The van der Waals surface area contributed by atoms with Gasteiger partial charge >= 0.3 is 0 Å². The highest BCUT2D eigenvalue weighted by molar-refractivity contribution is 6.30. The van der Waals surface area contributed by atoms with Crippen LogP contribution in [0.2, 0.25) is 5.02 Å². The van der Waals surface area contributed by atoms with Gasteiger partial charge in [0.25, 0.3) is 5.91 Å². The molecule has 0 aliphatic heterocycles. The Morgan fingerprint density at radius 2 is 1.92 bits per heavy atom. The summed E-state index contributed by atoms with van der Waals surface area (Å²) in [5.74, 6) is -1.98. The lowest BCUT2D eigenvalue weighted by Gasteiger charge is -2.06. The van der Waals surface area contributed by atoms with Gasteiger partial charge in [0.05, 0.1) is 5.69 Å². The summed E-state index contributed by atoms with van der Waals surface area (Å²) >= 11 is 5.77. The first kappa shape index (κ1) is 17.4. The van der Waals surface area contributed by atoms with Crippen molar-refractivity contribution in [1.82, 2.24) is 5.32 Å². The Hall–Kier alpha value is -2.91. The molecule has 7 heteroatoms. The van der Waals surface area contributed by atoms with Crippen molar-refractivity contribution in [3.05, 3.63) is 76.5 Å². The maximum Gasteiger partial charge on any atom is 0.263 e. The standard InChI is InChI=1S/C17H12ClF2N3O/c18-13-3-1-11(2-4-13)9-23-17(24)12(8-21)10-22-16-7-14(19)5-6-15(16)20/h1-7,10,22H,9H2,(H,23,24)/b12-10-. The fraction of sp³-hybridized carbons (Fsp3) is 0.0588. The molecule has 0 saturated heterocycles. The van der Waals surface area contributed by atoms with E-state index in [0.717, 1.165) is 30.0 Å². The van der Waals surface area contributed by atoms with E-state index in [-0.39, 0.29) is 17.8 Å². The fourth-order valence-electron chi connectivity index (χ4n) is 1.79. The number of carbonyl (C=O) groups excluding carboxylic acids is 1. The Morgan fingerprint density at radius 3 is 2.58 bits per heavy atom. The number of benzene rings is 2. The molecule has 0 fully saturated rings. The highest BCUT2D eigenvalue weighted by Gasteiger charge is 2.09. The van der Waals surface area contributed by atoms with Crippen molar-refractivity contribution in [1.29, 1.82) is 5.26 Å². The molecule has 0 unspecified atom stereocenters. The Kier molecular flexibility index (Phi) is 5.88. The Balaban J connectivity index is 2.01. The second-order valence-corrected chi connectivity index (χ2v) is 5.18. The van der Waals surface area contributed by atoms with Crippen LogP contribution in [0.4, 0.5) is 14.5 Å². The normalized spacial score (nSPS) is 10.8. The first-order valence-electron chi connectivity index (χ1n) is 6.84. The van der Waals surface area contributed by atoms with Gasteiger partial charge in [-0.15, -0.1) is 0 Å². The molecule has 0 bridgehead atoms. The number of nitrogens with zero attached hydrogens (tertiary/aromatic N) is 1. The van der Waals surface area contributed by atoms with E-state index in [0.29, 0.717) is 5.02 Å². The van der Waals surface area contributed by atoms with Gasteiger partial charge in [0.2, 0.25) is 0 Å². The molecule has 0 atom stereocenters. The van der Waals surface area contributed by atoms with Gasteiger partial charge in [0.1, 0.15) is 23.3 Å². The van der Waals surface area contributed by atoms with Crippen LogP contribution in [-0.2, 0) is 11.3 Å². The molecule has 0 aromatic heterocycles. The zero-order valence-corrected chi connectivity index (χ0v) is 13.1. The maximum absolute atomic E-state index is 13.5. The monoisotopic (exact) mass is 347 g/mol. The van der Waals surface area contributed by atoms with Gasteiger partial charge in [-0.3, -0.25) is 4.79 Å². The van der Waals surface area contributed by atoms with Gasteiger partial charge in [-0.05, 0) is 29.8 Å². The van der Waals surface area contributed by atoms with Crippen molar-refractivity contribution in [3.8, 4) is 6.07 Å². The van der Waals surface area contributed by atoms with E-state index in [4.69, 9.17) is 16.9 Å². The molecule has 2 rings (SSSR count). The summed E-state index contributed by atoms with van der Waals surface area (Å²) in [6.07, 6.45) is 1.02. The molecule has 24 heavy (non-hydrogen) atoms. The van der Waals surface area contributed by atoms with E-state index >= 15 is 0 Å². The molecule has 0 heterocycles. The summed E-state index contributed by atoms with van der Waals surface area (Å²) in [7, 11) is 0. The lowest BCUT2D eigenvalue weighted by molar-refractivity contribution is -0.117. The number of amides is 1. The topological polar surface area (TPSA) is 64.9 Å². The summed E-state index contributed by atoms with van der Waals surface area (Å²) in [4.78, 5) is 12.0. The van der Waals surface area contributed by atoms with E-state index in [1.54, 1.807) is 30.3 Å². The van der Waals surface area contributed by atoms with E-state index in [9.17, 15) is 13.6 Å². The zero-order chi connectivity index (χ0) is 17.5. The zero-order valence-electron chi connectivity index (χ0n) is 12.3. The van der Waals surface area contributed by atoms with Crippen LogP contribution in [0, 0.1) is 23.0 Å². The van der Waals surface area contributed by atoms with Crippen LogP contribution in [0.3, 0.4) is 0 Å². The summed E-state index contributed by atoms with van der Waals surface area (Å²) in [5.41, 5.74) is 0.357. The molecule has 122 valence electrons. The van der Waals surface area contributed by atoms with E-state index in [1.165, 1.54) is 0 Å². The highest BCUT2D eigenvalue weighted by Crippen LogP contribution is 2.15. The average molecular weight is 348 g/mol. The maximum atomic E-state index is 13.5. The third kappa shape index (κ3) is 4.80. The van der Waals surface area contributed by atoms with E-state index in [1.807, 2.05) is 0 Å². The molecule has 0 saturated carbocycles. The van der Waals surface area contributed by atoms with Crippen molar-refractivity contribution >= 4 is 23.2 Å². The summed E-state index contributed by atoms with van der Waals surface area (Å²) < 4.78 is 26.5. The lowest BCUT2D eigenvalue weighted by Crippen LogP contribution is -2.24. The molecule has 0 aliphatic carbocycles. The number of carbonyl (C=O) groups is 1. The number of halogens is 3. The largest absolute Gasteiger partial charge is 0.358 e. The van der Waals surface area contributed by atoms with Gasteiger partial charge in [-0.2, -0.15) is 5.26 Å². The molecule has 2 aromatic carbocycles. The SMILES string of the molecule is N#C/C(=C/Nc1cc(F)ccc1F)C(=O)NCc1ccc(Cl)cc1. The second kappa shape index (κ2) is 8.09. The molecular weight excluding hydrogens is 336 g/mol. The van der Waals surface area contributed by atoms with Gasteiger partial charge in [0.15, 0.2) is 0 Å². The van der Waals surface area contributed by atoms with Gasteiger partial charge in [0, 0.05) is 23.8 Å². The Morgan fingerprint density at radius 1 is 1.21 bits per heavy atom. The van der Waals surface area contributed by atoms with Crippen molar-refractivity contribution in [2.45, 2.75) is 6.54 Å². The molecule has 0 radical (unpaired) electrons. The molecule has 0 aliphatic rings. The lowest BCUT2D eigenvalue weighted by atomic mass is 10.2. The number of hydrogen-bond donors (Lipinski definition) is 2. The predicted octanol–water partition coefficient (Wildman–Crippen LogP) is 3.75. The van der Waals surface area contributed by atoms with Crippen LogP contribution in [0.25, 0.3) is 0 Å².